The number of hydrogen-bond donors (Lipinski definition) is 2. The lowest BCUT2D eigenvalue weighted by Gasteiger charge is -2.15. The summed E-state index contributed by atoms with van der Waals surface area (Å²) in [4.78, 5) is 4.24. The first-order chi connectivity index (χ1) is 14.8. The van der Waals surface area contributed by atoms with E-state index in [2.05, 4.69) is 18.2 Å². The number of halogens is 2. The molecule has 31 heavy (non-hydrogen) atoms. The number of benzene rings is 1. The summed E-state index contributed by atoms with van der Waals surface area (Å²) in [6, 6.07) is 4.50. The van der Waals surface area contributed by atoms with Crippen molar-refractivity contribution in [1.82, 2.24) is 0 Å². The Morgan fingerprint density at radius 1 is 1.26 bits per heavy atom. The van der Waals surface area contributed by atoms with Gasteiger partial charge < -0.3 is 5.73 Å². The third-order valence-electron chi connectivity index (χ3n) is 4.82. The fourth-order valence-electron chi connectivity index (χ4n) is 3.06. The van der Waals surface area contributed by atoms with Crippen LogP contribution in [-0.2, 0) is 0 Å². The van der Waals surface area contributed by atoms with Crippen LogP contribution in [0.3, 0.4) is 0 Å². The van der Waals surface area contributed by atoms with Crippen molar-refractivity contribution in [2.24, 2.45) is 10.7 Å². The van der Waals surface area contributed by atoms with Crippen molar-refractivity contribution in [2.45, 2.75) is 26.7 Å². The van der Waals surface area contributed by atoms with Crippen LogP contribution in [0.4, 0.5) is 8.78 Å². The van der Waals surface area contributed by atoms with Crippen LogP contribution in [0.2, 0.25) is 0 Å². The summed E-state index contributed by atoms with van der Waals surface area (Å²) < 4.78 is 28.4. The average Bonchev–Trinajstić information content (AvgIpc) is 3.04. The van der Waals surface area contributed by atoms with Crippen LogP contribution in [0.1, 0.15) is 30.9 Å². The summed E-state index contributed by atoms with van der Waals surface area (Å²) >= 11 is 0. The second-order valence-corrected chi connectivity index (χ2v) is 7.06. The smallest absolute Gasteiger partial charge is 0.155 e. The van der Waals surface area contributed by atoms with E-state index >= 15 is 0 Å². The maximum Gasteiger partial charge on any atom is 0.155 e. The van der Waals surface area contributed by atoms with Crippen LogP contribution < -0.4 is 5.73 Å². The predicted molar refractivity (Wildman–Crippen MR) is 126 cm³/mol. The fraction of sp³-hybridized carbons (Fsp3) is 0.154. The normalized spacial score (nSPS) is 15.5. The molecule has 2 rings (SSSR count). The predicted octanol–water partition coefficient (Wildman–Crippen LogP) is 6.56. The van der Waals surface area contributed by atoms with E-state index in [4.69, 9.17) is 11.1 Å². The van der Waals surface area contributed by atoms with E-state index in [1.54, 1.807) is 19.1 Å². The molecule has 1 aliphatic rings. The second kappa shape index (κ2) is 11.0. The Kier molecular flexibility index (Phi) is 8.38. The third kappa shape index (κ3) is 6.19. The van der Waals surface area contributed by atoms with E-state index in [0.29, 0.717) is 29.0 Å². The van der Waals surface area contributed by atoms with E-state index in [0.717, 1.165) is 17.2 Å². The minimum atomic E-state index is -0.527. The van der Waals surface area contributed by atoms with Gasteiger partial charge in [0.15, 0.2) is 5.84 Å². The zero-order valence-electron chi connectivity index (χ0n) is 17.9. The molecule has 3 nitrogen and oxygen atoms in total. The average molecular weight is 420 g/mol. The first kappa shape index (κ1) is 23.7. The van der Waals surface area contributed by atoms with Gasteiger partial charge in [-0.25, -0.2) is 13.8 Å². The van der Waals surface area contributed by atoms with E-state index < -0.39 is 11.6 Å². The van der Waals surface area contributed by atoms with Crippen molar-refractivity contribution in [3.63, 3.8) is 0 Å². The van der Waals surface area contributed by atoms with Crippen molar-refractivity contribution in [3.8, 4) is 0 Å². The number of aryl methyl sites for hydroxylation is 1. The van der Waals surface area contributed by atoms with Gasteiger partial charge in [0.2, 0.25) is 0 Å². The summed E-state index contributed by atoms with van der Waals surface area (Å²) in [6.45, 7) is 10.6. The molecule has 0 spiro atoms. The summed E-state index contributed by atoms with van der Waals surface area (Å²) in [6.07, 6.45) is 13.1. The van der Waals surface area contributed by atoms with Gasteiger partial charge in [-0.3, -0.25) is 5.41 Å². The Balaban J connectivity index is 2.56. The zero-order valence-corrected chi connectivity index (χ0v) is 17.9. The number of nitrogens with one attached hydrogen (secondary N) is 1. The van der Waals surface area contributed by atoms with Crippen LogP contribution in [0.5, 0.6) is 0 Å². The van der Waals surface area contributed by atoms with Gasteiger partial charge in [0.05, 0.1) is 17.0 Å². The minimum Gasteiger partial charge on any atom is -0.397 e. The van der Waals surface area contributed by atoms with Gasteiger partial charge in [0, 0.05) is 6.42 Å². The Hall–Kier alpha value is -3.60. The molecule has 1 aromatic carbocycles. The Morgan fingerprint density at radius 2 is 2.00 bits per heavy atom. The quantitative estimate of drug-likeness (QED) is 0.293. The van der Waals surface area contributed by atoms with Crippen LogP contribution in [-0.4, -0.2) is 11.5 Å². The van der Waals surface area contributed by atoms with E-state index in [1.165, 1.54) is 12.1 Å². The number of aliphatic imine (C=N–C) groups is 1. The number of nitrogens with zero attached hydrogens (tertiary/aromatic N) is 1. The topological polar surface area (TPSA) is 62.2 Å². The molecule has 0 saturated carbocycles. The largest absolute Gasteiger partial charge is 0.397 e. The van der Waals surface area contributed by atoms with Crippen LogP contribution in [0.25, 0.3) is 0 Å². The van der Waals surface area contributed by atoms with Crippen molar-refractivity contribution in [2.75, 3.05) is 0 Å². The minimum absolute atomic E-state index is 0.0934. The molecular weight excluding hydrogens is 392 g/mol. The molecule has 0 radical (unpaired) electrons. The number of allylic oxidation sites excluding steroid dienone is 12. The van der Waals surface area contributed by atoms with Crippen LogP contribution in [0.15, 0.2) is 107 Å². The SMILES string of the molecule is C=C/C(F)=C(\C=C)C/C(C1=CCC=CC=C1)=C(\N)C(C)=NC(=N)c1cc(C)ccc1F. The highest BCUT2D eigenvalue weighted by Crippen LogP contribution is 2.27. The molecule has 5 heteroatoms. The van der Waals surface area contributed by atoms with Gasteiger partial charge in [-0.05, 0) is 55.2 Å². The molecule has 0 aromatic heterocycles. The summed E-state index contributed by atoms with van der Waals surface area (Å²) in [5, 5.41) is 8.24. The standard InChI is InChI=1S/C26H27F2N3/c1-5-19(23(27)6-2)16-21(20-11-9-7-8-10-12-20)25(29)18(4)31-26(30)22-15-17(3)13-14-24(22)28/h5-9,11-15,30H,1-2,10,16,29H2,3-4H3/b23-19-,25-21+,30-26?,31-18?. The van der Waals surface area contributed by atoms with Gasteiger partial charge in [-0.2, -0.15) is 0 Å². The Morgan fingerprint density at radius 3 is 2.68 bits per heavy atom. The molecular formula is C26H27F2N3. The highest BCUT2D eigenvalue weighted by molar-refractivity contribution is 6.10. The maximum absolute atomic E-state index is 14.3. The molecule has 0 atom stereocenters. The van der Waals surface area contributed by atoms with Crippen LogP contribution >= 0.6 is 0 Å². The first-order valence-electron chi connectivity index (χ1n) is 9.85. The lowest BCUT2D eigenvalue weighted by Crippen LogP contribution is -2.15. The highest BCUT2D eigenvalue weighted by atomic mass is 19.1. The second-order valence-electron chi connectivity index (χ2n) is 7.06. The van der Waals surface area contributed by atoms with Crippen LogP contribution in [0, 0.1) is 18.2 Å². The van der Waals surface area contributed by atoms with Crippen molar-refractivity contribution in [3.05, 3.63) is 119 Å². The molecule has 160 valence electrons. The monoisotopic (exact) mass is 419 g/mol. The van der Waals surface area contributed by atoms with Gasteiger partial charge in [-0.15, -0.1) is 0 Å². The van der Waals surface area contributed by atoms with Gasteiger partial charge in [-0.1, -0.05) is 61.2 Å². The van der Waals surface area contributed by atoms with E-state index in [1.807, 2.05) is 37.3 Å². The fourth-order valence-corrected chi connectivity index (χ4v) is 3.06. The van der Waals surface area contributed by atoms with Gasteiger partial charge in [0.1, 0.15) is 11.6 Å². The summed E-state index contributed by atoms with van der Waals surface area (Å²) in [5.41, 5.74) is 9.80. The molecule has 0 unspecified atom stereocenters. The number of hydrogen-bond acceptors (Lipinski definition) is 2. The molecule has 3 N–H and O–H groups in total. The van der Waals surface area contributed by atoms with Gasteiger partial charge in [0.25, 0.3) is 0 Å². The van der Waals surface area contributed by atoms with E-state index in [9.17, 15) is 8.78 Å². The molecule has 1 aliphatic carbocycles. The Labute approximate surface area is 182 Å². The molecule has 0 heterocycles. The molecule has 1 aromatic rings. The first-order valence-corrected chi connectivity index (χ1v) is 9.85. The maximum atomic E-state index is 14.3. The lowest BCUT2D eigenvalue weighted by molar-refractivity contribution is 0.624. The lowest BCUT2D eigenvalue weighted by atomic mass is 9.93. The number of amidine groups is 1. The molecule has 0 aliphatic heterocycles. The highest BCUT2D eigenvalue weighted by Gasteiger charge is 2.15. The van der Waals surface area contributed by atoms with Crippen molar-refractivity contribution < 1.29 is 8.78 Å². The van der Waals surface area contributed by atoms with Crippen molar-refractivity contribution in [1.29, 1.82) is 5.41 Å². The molecule has 0 amide bonds. The summed E-state index contributed by atoms with van der Waals surface area (Å²) in [5.74, 6) is -1.24. The van der Waals surface area contributed by atoms with Crippen molar-refractivity contribution >= 4 is 11.5 Å². The molecule has 0 fully saturated rings. The number of rotatable bonds is 7. The number of nitrogens with two attached hydrogens (primary N) is 1. The Bertz CT molecular complexity index is 1080. The molecule has 0 bridgehead atoms. The molecule has 0 saturated heterocycles. The third-order valence-corrected chi connectivity index (χ3v) is 4.82. The van der Waals surface area contributed by atoms with E-state index in [-0.39, 0.29) is 17.8 Å². The summed E-state index contributed by atoms with van der Waals surface area (Å²) in [7, 11) is 0. The zero-order chi connectivity index (χ0) is 23.0. The van der Waals surface area contributed by atoms with Gasteiger partial charge >= 0.3 is 0 Å².